The predicted octanol–water partition coefficient (Wildman–Crippen LogP) is 2.75. The fourth-order valence-electron chi connectivity index (χ4n) is 1.85. The fraction of sp³-hybridized carbons (Fsp3) is 0.500. The molecule has 0 heterocycles. The Labute approximate surface area is 103 Å². The summed E-state index contributed by atoms with van der Waals surface area (Å²) in [6.45, 7) is 7.85. The number of carboxylic acid groups (broad SMARTS) is 1. The number of aliphatic carboxylic acids is 1. The summed E-state index contributed by atoms with van der Waals surface area (Å²) in [5, 5.41) is 12.3. The Kier molecular flexibility index (Phi) is 4.70. The first-order chi connectivity index (χ1) is 7.91. The summed E-state index contributed by atoms with van der Waals surface area (Å²) >= 11 is 0. The molecule has 0 fully saturated rings. The van der Waals surface area contributed by atoms with Gasteiger partial charge in [0.2, 0.25) is 0 Å². The summed E-state index contributed by atoms with van der Waals surface area (Å²) in [7, 11) is 0. The number of carboxylic acids is 1. The third-order valence-corrected chi connectivity index (χ3v) is 2.90. The van der Waals surface area contributed by atoms with Crippen LogP contribution in [0.3, 0.4) is 0 Å². The van der Waals surface area contributed by atoms with Gasteiger partial charge in [0.1, 0.15) is 6.04 Å². The van der Waals surface area contributed by atoms with Gasteiger partial charge in [-0.25, -0.2) is 0 Å². The molecule has 0 aliphatic heterocycles. The highest BCUT2D eigenvalue weighted by atomic mass is 16.4. The molecular weight excluding hydrogens is 214 g/mol. The molecule has 17 heavy (non-hydrogen) atoms. The average molecular weight is 235 g/mol. The van der Waals surface area contributed by atoms with E-state index in [0.29, 0.717) is 0 Å². The number of carbonyl (C=O) groups is 1. The maximum atomic E-state index is 11.1. The van der Waals surface area contributed by atoms with Crippen molar-refractivity contribution in [3.05, 3.63) is 35.4 Å². The van der Waals surface area contributed by atoms with Crippen molar-refractivity contribution in [1.29, 1.82) is 0 Å². The van der Waals surface area contributed by atoms with Crippen LogP contribution in [0.2, 0.25) is 0 Å². The normalized spacial score (nSPS) is 14.6. The van der Waals surface area contributed by atoms with Crippen molar-refractivity contribution in [2.45, 2.75) is 39.8 Å². The maximum absolute atomic E-state index is 11.1. The van der Waals surface area contributed by atoms with Crippen LogP contribution in [0.15, 0.2) is 24.3 Å². The van der Waals surface area contributed by atoms with E-state index in [2.05, 4.69) is 11.4 Å². The molecule has 2 unspecified atom stereocenters. The third-order valence-electron chi connectivity index (χ3n) is 2.90. The first-order valence-corrected chi connectivity index (χ1v) is 5.97. The molecule has 3 heteroatoms. The monoisotopic (exact) mass is 235 g/mol. The lowest BCUT2D eigenvalue weighted by atomic mass is 10.0. The van der Waals surface area contributed by atoms with Gasteiger partial charge >= 0.3 is 5.97 Å². The first-order valence-electron chi connectivity index (χ1n) is 5.97. The molecule has 0 saturated carbocycles. The van der Waals surface area contributed by atoms with Crippen molar-refractivity contribution in [3.8, 4) is 0 Å². The predicted molar refractivity (Wildman–Crippen MR) is 69.0 cm³/mol. The minimum absolute atomic E-state index is 0.0402. The molecule has 2 N–H and O–H groups in total. The maximum Gasteiger partial charge on any atom is 0.320 e. The van der Waals surface area contributed by atoms with E-state index in [4.69, 9.17) is 5.11 Å². The average Bonchev–Trinajstić information content (AvgIpc) is 2.24. The molecule has 1 rings (SSSR count). The molecule has 3 nitrogen and oxygen atoms in total. The van der Waals surface area contributed by atoms with Crippen LogP contribution in [0.5, 0.6) is 0 Å². The standard InChI is InChI=1S/C14H21NO2/c1-9(2)13(14(16)17)15-11(4)12-7-5-6-10(3)8-12/h5-9,11,13,15H,1-4H3,(H,16,17). The lowest BCUT2D eigenvalue weighted by Crippen LogP contribution is -2.42. The van der Waals surface area contributed by atoms with E-state index in [1.165, 1.54) is 5.56 Å². The van der Waals surface area contributed by atoms with Crippen LogP contribution in [0.1, 0.15) is 37.9 Å². The van der Waals surface area contributed by atoms with Gasteiger partial charge in [-0.05, 0) is 25.3 Å². The summed E-state index contributed by atoms with van der Waals surface area (Å²) < 4.78 is 0. The fourth-order valence-corrected chi connectivity index (χ4v) is 1.85. The summed E-state index contributed by atoms with van der Waals surface area (Å²) in [5.74, 6) is -0.723. The smallest absolute Gasteiger partial charge is 0.320 e. The van der Waals surface area contributed by atoms with Gasteiger partial charge in [0.15, 0.2) is 0 Å². The van der Waals surface area contributed by atoms with Crippen molar-refractivity contribution in [2.75, 3.05) is 0 Å². The molecule has 0 aromatic heterocycles. The van der Waals surface area contributed by atoms with E-state index in [0.717, 1.165) is 5.56 Å². The van der Waals surface area contributed by atoms with Gasteiger partial charge in [0.25, 0.3) is 0 Å². The van der Waals surface area contributed by atoms with E-state index in [1.807, 2.05) is 45.9 Å². The van der Waals surface area contributed by atoms with Crippen LogP contribution in [0.4, 0.5) is 0 Å². The largest absolute Gasteiger partial charge is 0.480 e. The first kappa shape index (κ1) is 13.7. The molecular formula is C14H21NO2. The van der Waals surface area contributed by atoms with E-state index in [1.54, 1.807) is 0 Å². The van der Waals surface area contributed by atoms with E-state index in [-0.39, 0.29) is 12.0 Å². The van der Waals surface area contributed by atoms with E-state index >= 15 is 0 Å². The Bertz CT molecular complexity index is 388. The highest BCUT2D eigenvalue weighted by Gasteiger charge is 2.23. The molecule has 0 radical (unpaired) electrons. The van der Waals surface area contributed by atoms with Gasteiger partial charge in [-0.3, -0.25) is 10.1 Å². The van der Waals surface area contributed by atoms with Crippen molar-refractivity contribution >= 4 is 5.97 Å². The van der Waals surface area contributed by atoms with Crippen LogP contribution < -0.4 is 5.32 Å². The van der Waals surface area contributed by atoms with E-state index < -0.39 is 12.0 Å². The Morgan fingerprint density at radius 2 is 1.94 bits per heavy atom. The molecule has 0 aliphatic carbocycles. The van der Waals surface area contributed by atoms with Gasteiger partial charge in [0.05, 0.1) is 0 Å². The zero-order valence-corrected chi connectivity index (χ0v) is 10.9. The molecule has 1 aromatic carbocycles. The molecule has 0 spiro atoms. The molecule has 0 amide bonds. The number of hydrogen-bond acceptors (Lipinski definition) is 2. The summed E-state index contributed by atoms with van der Waals surface area (Å²) in [4.78, 5) is 11.1. The zero-order chi connectivity index (χ0) is 13.0. The third kappa shape index (κ3) is 3.86. The zero-order valence-electron chi connectivity index (χ0n) is 10.9. The van der Waals surface area contributed by atoms with Crippen LogP contribution in [0.25, 0.3) is 0 Å². The number of rotatable bonds is 5. The van der Waals surface area contributed by atoms with Crippen molar-refractivity contribution in [1.82, 2.24) is 5.32 Å². The second-order valence-corrected chi connectivity index (χ2v) is 4.86. The number of hydrogen-bond donors (Lipinski definition) is 2. The van der Waals surface area contributed by atoms with Crippen LogP contribution in [-0.2, 0) is 4.79 Å². The van der Waals surface area contributed by atoms with Gasteiger partial charge in [-0.15, -0.1) is 0 Å². The summed E-state index contributed by atoms with van der Waals surface area (Å²) in [5.41, 5.74) is 2.31. The van der Waals surface area contributed by atoms with Crippen LogP contribution in [-0.4, -0.2) is 17.1 Å². The topological polar surface area (TPSA) is 49.3 Å². The Morgan fingerprint density at radius 3 is 2.41 bits per heavy atom. The van der Waals surface area contributed by atoms with Crippen LogP contribution in [0, 0.1) is 12.8 Å². The molecule has 0 aliphatic rings. The minimum Gasteiger partial charge on any atom is -0.480 e. The Hall–Kier alpha value is -1.35. The number of nitrogens with one attached hydrogen (secondary N) is 1. The molecule has 94 valence electrons. The number of aryl methyl sites for hydroxylation is 1. The quantitative estimate of drug-likeness (QED) is 0.825. The van der Waals surface area contributed by atoms with Gasteiger partial charge in [-0.2, -0.15) is 0 Å². The Morgan fingerprint density at radius 1 is 1.29 bits per heavy atom. The van der Waals surface area contributed by atoms with Crippen LogP contribution >= 0.6 is 0 Å². The lowest BCUT2D eigenvalue weighted by Gasteiger charge is -2.23. The van der Waals surface area contributed by atoms with Crippen molar-refractivity contribution in [3.63, 3.8) is 0 Å². The highest BCUT2D eigenvalue weighted by molar-refractivity contribution is 5.73. The van der Waals surface area contributed by atoms with Gasteiger partial charge in [-0.1, -0.05) is 43.7 Å². The van der Waals surface area contributed by atoms with Gasteiger partial charge < -0.3 is 5.11 Å². The SMILES string of the molecule is Cc1cccc(C(C)NC(C(=O)O)C(C)C)c1. The highest BCUT2D eigenvalue weighted by Crippen LogP contribution is 2.16. The number of benzene rings is 1. The molecule has 0 saturated heterocycles. The molecule has 1 aromatic rings. The minimum atomic E-state index is -0.792. The molecule has 2 atom stereocenters. The Balaban J connectivity index is 2.77. The molecule has 0 bridgehead atoms. The van der Waals surface area contributed by atoms with Crippen molar-refractivity contribution in [2.24, 2.45) is 5.92 Å². The summed E-state index contributed by atoms with van der Waals surface area (Å²) in [6.07, 6.45) is 0. The second-order valence-electron chi connectivity index (χ2n) is 4.86. The van der Waals surface area contributed by atoms with Gasteiger partial charge in [0, 0.05) is 6.04 Å². The summed E-state index contributed by atoms with van der Waals surface area (Å²) in [6, 6.07) is 7.66. The second kappa shape index (κ2) is 5.82. The van der Waals surface area contributed by atoms with E-state index in [9.17, 15) is 4.79 Å². The lowest BCUT2D eigenvalue weighted by molar-refractivity contribution is -0.140. The van der Waals surface area contributed by atoms with Crippen molar-refractivity contribution < 1.29 is 9.90 Å².